The molecule has 2 unspecified atom stereocenters. The van der Waals surface area contributed by atoms with Gasteiger partial charge in [-0.25, -0.2) is 8.78 Å². The van der Waals surface area contributed by atoms with Crippen molar-refractivity contribution in [2.45, 2.75) is 31.7 Å². The number of ether oxygens (including phenoxy) is 2. The zero-order valence-corrected chi connectivity index (χ0v) is 18.1. The fourth-order valence-corrected chi connectivity index (χ4v) is 4.52. The fourth-order valence-electron chi connectivity index (χ4n) is 4.52. The molecule has 3 heterocycles. The van der Waals surface area contributed by atoms with Gasteiger partial charge in [-0.1, -0.05) is 6.07 Å². The molecule has 11 heteroatoms. The van der Waals surface area contributed by atoms with E-state index in [1.165, 1.54) is 28.8 Å². The van der Waals surface area contributed by atoms with E-state index < -0.39 is 52.0 Å². The number of nitrogens with one attached hydrogen (secondary N) is 1. The van der Waals surface area contributed by atoms with Crippen LogP contribution in [0.25, 0.3) is 0 Å². The van der Waals surface area contributed by atoms with E-state index in [4.69, 9.17) is 9.47 Å². The highest BCUT2D eigenvalue weighted by molar-refractivity contribution is 5.99. The normalized spacial score (nSPS) is 22.0. The third kappa shape index (κ3) is 3.57. The second-order valence-electron chi connectivity index (χ2n) is 7.94. The third-order valence-electron chi connectivity index (χ3n) is 6.16. The van der Waals surface area contributed by atoms with Gasteiger partial charge in [0.05, 0.1) is 6.61 Å². The van der Waals surface area contributed by atoms with Gasteiger partial charge in [0.1, 0.15) is 22.7 Å². The maximum atomic E-state index is 13.9. The summed E-state index contributed by atoms with van der Waals surface area (Å²) < 4.78 is 39.6. The molecule has 176 valence electrons. The average molecular weight is 463 g/mol. The number of nitrogens with zero attached hydrogens (tertiary/aromatic N) is 2. The van der Waals surface area contributed by atoms with Crippen LogP contribution in [-0.4, -0.2) is 59.5 Å². The van der Waals surface area contributed by atoms with Crippen molar-refractivity contribution in [3.05, 3.63) is 63.1 Å². The van der Waals surface area contributed by atoms with E-state index in [0.29, 0.717) is 19.1 Å². The van der Waals surface area contributed by atoms with Gasteiger partial charge in [-0.3, -0.25) is 14.4 Å². The lowest BCUT2D eigenvalue weighted by Gasteiger charge is -2.48. The van der Waals surface area contributed by atoms with Crippen molar-refractivity contribution in [2.24, 2.45) is 0 Å². The van der Waals surface area contributed by atoms with Crippen molar-refractivity contribution >= 4 is 11.8 Å². The number of halogens is 2. The summed E-state index contributed by atoms with van der Waals surface area (Å²) in [6.45, 7) is 2.17. The minimum atomic E-state index is -1.03. The molecule has 2 aliphatic heterocycles. The number of carbonyl (C=O) groups excluding carboxylic acids is 2. The maximum absolute atomic E-state index is 13.9. The number of fused-ring (bicyclic) bond motifs is 2. The predicted octanol–water partition coefficient (Wildman–Crippen LogP) is 1.33. The quantitative estimate of drug-likeness (QED) is 0.692. The summed E-state index contributed by atoms with van der Waals surface area (Å²) >= 11 is 0. The molecule has 1 aromatic heterocycles. The van der Waals surface area contributed by atoms with E-state index in [2.05, 4.69) is 5.32 Å². The van der Waals surface area contributed by atoms with E-state index in [-0.39, 0.29) is 31.0 Å². The summed E-state index contributed by atoms with van der Waals surface area (Å²) in [6.07, 6.45) is 0.863. The van der Waals surface area contributed by atoms with Crippen LogP contribution in [0.2, 0.25) is 0 Å². The summed E-state index contributed by atoms with van der Waals surface area (Å²) in [7, 11) is 1.44. The minimum absolute atomic E-state index is 0.0147. The number of carbonyl (C=O) groups is 2. The number of aromatic nitrogens is 1. The molecule has 0 saturated carbocycles. The number of pyridine rings is 1. The number of rotatable bonds is 5. The Balaban J connectivity index is 1.77. The predicted molar refractivity (Wildman–Crippen MR) is 111 cm³/mol. The van der Waals surface area contributed by atoms with Crippen LogP contribution in [0.3, 0.4) is 0 Å². The highest BCUT2D eigenvalue weighted by atomic mass is 19.1. The molecule has 1 aromatic carbocycles. The summed E-state index contributed by atoms with van der Waals surface area (Å²) in [5, 5.41) is 13.1. The van der Waals surface area contributed by atoms with Gasteiger partial charge in [0.15, 0.2) is 17.7 Å². The molecule has 1 fully saturated rings. The Hall–Kier alpha value is -3.31. The molecule has 2 aliphatic rings. The van der Waals surface area contributed by atoms with Crippen LogP contribution >= 0.6 is 0 Å². The standard InChI is InChI=1S/C22H23F2N3O6/c1-3-26-20(31)16-18(29)17(28)14(10-27(16)22(21(26)32-2)6-7-33-11-22)19(30)25-9-12-4-5-13(23)8-15(12)24/h4-5,8,10,21,29H,3,6-7,9,11H2,1-2H3,(H,25,30). The largest absolute Gasteiger partial charge is 0.503 e. The summed E-state index contributed by atoms with van der Waals surface area (Å²) in [5.74, 6) is -3.97. The first-order valence-electron chi connectivity index (χ1n) is 10.4. The Kier molecular flexibility index (Phi) is 5.93. The number of methoxy groups -OCH3 is 1. The van der Waals surface area contributed by atoms with Crippen LogP contribution in [0.5, 0.6) is 5.75 Å². The van der Waals surface area contributed by atoms with Gasteiger partial charge in [0.25, 0.3) is 11.8 Å². The number of aromatic hydroxyl groups is 1. The van der Waals surface area contributed by atoms with Crippen molar-refractivity contribution < 1.29 is 33.0 Å². The molecule has 2 N–H and O–H groups in total. The molecule has 2 aromatic rings. The van der Waals surface area contributed by atoms with Gasteiger partial charge in [0.2, 0.25) is 5.43 Å². The number of amides is 2. The van der Waals surface area contributed by atoms with Crippen LogP contribution < -0.4 is 10.7 Å². The van der Waals surface area contributed by atoms with Crippen molar-refractivity contribution in [3.8, 4) is 5.75 Å². The van der Waals surface area contributed by atoms with Crippen molar-refractivity contribution in [2.75, 3.05) is 26.9 Å². The topological polar surface area (TPSA) is 110 Å². The highest BCUT2D eigenvalue weighted by Gasteiger charge is 2.54. The first kappa shape index (κ1) is 22.9. The Labute approximate surface area is 187 Å². The molecular weight excluding hydrogens is 440 g/mol. The number of benzene rings is 1. The SMILES string of the molecule is CCN1C(=O)c2c(O)c(=O)c(C(=O)NCc3ccc(F)cc3F)cn2C2(CCOC2)C1OC. The monoisotopic (exact) mass is 463 g/mol. The molecule has 33 heavy (non-hydrogen) atoms. The van der Waals surface area contributed by atoms with Crippen LogP contribution in [0.1, 0.15) is 39.8 Å². The molecule has 0 radical (unpaired) electrons. The van der Waals surface area contributed by atoms with Gasteiger partial charge in [-0.15, -0.1) is 0 Å². The first-order chi connectivity index (χ1) is 15.7. The number of hydrogen-bond donors (Lipinski definition) is 2. The van der Waals surface area contributed by atoms with Crippen LogP contribution in [-0.2, 0) is 21.6 Å². The zero-order valence-electron chi connectivity index (χ0n) is 18.1. The molecule has 4 rings (SSSR count). The lowest BCUT2D eigenvalue weighted by molar-refractivity contribution is -0.105. The van der Waals surface area contributed by atoms with Gasteiger partial charge in [0, 0.05) is 51.1 Å². The highest BCUT2D eigenvalue weighted by Crippen LogP contribution is 2.41. The molecule has 2 atom stereocenters. The smallest absolute Gasteiger partial charge is 0.276 e. The Morgan fingerprint density at radius 3 is 2.73 bits per heavy atom. The second kappa shape index (κ2) is 8.56. The Morgan fingerprint density at radius 1 is 1.36 bits per heavy atom. The van der Waals surface area contributed by atoms with E-state index in [9.17, 15) is 28.3 Å². The first-order valence-corrected chi connectivity index (χ1v) is 10.4. The Bertz CT molecular complexity index is 1180. The average Bonchev–Trinajstić information content (AvgIpc) is 3.27. The maximum Gasteiger partial charge on any atom is 0.276 e. The van der Waals surface area contributed by atoms with Gasteiger partial charge < -0.3 is 29.4 Å². The van der Waals surface area contributed by atoms with Gasteiger partial charge >= 0.3 is 0 Å². The molecule has 1 spiro atoms. The lowest BCUT2D eigenvalue weighted by atomic mass is 9.90. The Morgan fingerprint density at radius 2 is 2.12 bits per heavy atom. The second-order valence-corrected chi connectivity index (χ2v) is 7.94. The molecular formula is C22H23F2N3O6. The van der Waals surface area contributed by atoms with E-state index in [1.807, 2.05) is 0 Å². The molecule has 1 saturated heterocycles. The van der Waals surface area contributed by atoms with Gasteiger partial charge in [-0.2, -0.15) is 0 Å². The molecule has 0 bridgehead atoms. The van der Waals surface area contributed by atoms with E-state index in [0.717, 1.165) is 6.07 Å². The molecule has 9 nitrogen and oxygen atoms in total. The van der Waals surface area contributed by atoms with Crippen LogP contribution in [0, 0.1) is 11.6 Å². The van der Waals surface area contributed by atoms with Crippen molar-refractivity contribution in [3.63, 3.8) is 0 Å². The van der Waals surface area contributed by atoms with Crippen molar-refractivity contribution in [1.29, 1.82) is 0 Å². The van der Waals surface area contributed by atoms with Crippen LogP contribution in [0.15, 0.2) is 29.2 Å². The molecule has 2 amide bonds. The molecule has 0 aliphatic carbocycles. The fraction of sp³-hybridized carbons (Fsp3) is 0.409. The van der Waals surface area contributed by atoms with E-state index >= 15 is 0 Å². The third-order valence-corrected chi connectivity index (χ3v) is 6.16. The summed E-state index contributed by atoms with van der Waals surface area (Å²) in [6, 6.07) is 2.90. The van der Waals surface area contributed by atoms with Crippen LogP contribution in [0.4, 0.5) is 8.78 Å². The lowest BCUT2D eigenvalue weighted by Crippen LogP contribution is -2.62. The number of hydrogen-bond acceptors (Lipinski definition) is 6. The van der Waals surface area contributed by atoms with Crippen molar-refractivity contribution in [1.82, 2.24) is 14.8 Å². The zero-order chi connectivity index (χ0) is 23.9. The minimum Gasteiger partial charge on any atom is -0.503 e. The van der Waals surface area contributed by atoms with E-state index in [1.54, 1.807) is 6.92 Å². The van der Waals surface area contributed by atoms with Gasteiger partial charge in [-0.05, 0) is 13.0 Å². The number of likely N-dealkylation sites (N-methyl/N-ethyl adjacent to an activating group) is 1. The summed E-state index contributed by atoms with van der Waals surface area (Å²) in [4.78, 5) is 40.1. The summed E-state index contributed by atoms with van der Waals surface area (Å²) in [5.41, 5.74) is -2.66.